The van der Waals surface area contributed by atoms with Crippen molar-refractivity contribution >= 4 is 34.0 Å². The van der Waals surface area contributed by atoms with E-state index in [4.69, 9.17) is 18.9 Å². The first kappa shape index (κ1) is 25.3. The Balaban J connectivity index is 1.35. The van der Waals surface area contributed by atoms with Gasteiger partial charge in [-0.1, -0.05) is 30.3 Å². The van der Waals surface area contributed by atoms with Crippen LogP contribution >= 0.6 is 0 Å². The van der Waals surface area contributed by atoms with E-state index in [1.807, 2.05) is 54.6 Å². The predicted octanol–water partition coefficient (Wildman–Crippen LogP) is 6.44. The van der Waals surface area contributed by atoms with Gasteiger partial charge in [-0.2, -0.15) is 4.98 Å². The van der Waals surface area contributed by atoms with Gasteiger partial charge in [-0.05, 0) is 47.2 Å². The Morgan fingerprint density at radius 2 is 1.54 bits per heavy atom. The summed E-state index contributed by atoms with van der Waals surface area (Å²) in [4.78, 5) is 21.7. The molecule has 1 amide bonds. The molecule has 1 heterocycles. The molecule has 5 aromatic rings. The number of fused-ring (bicyclic) bond motifs is 1. The van der Waals surface area contributed by atoms with Gasteiger partial charge in [0.2, 0.25) is 17.6 Å². The zero-order chi connectivity index (χ0) is 27.2. The molecule has 0 fully saturated rings. The second kappa shape index (κ2) is 11.4. The number of hydrogen-bond donors (Lipinski definition) is 2. The van der Waals surface area contributed by atoms with Gasteiger partial charge in [-0.3, -0.25) is 4.79 Å². The average Bonchev–Trinajstić information content (AvgIpc) is 2.96. The van der Waals surface area contributed by atoms with Crippen LogP contribution in [0.3, 0.4) is 0 Å². The number of ether oxygens (including phenoxy) is 4. The van der Waals surface area contributed by atoms with Crippen LogP contribution in [0.15, 0.2) is 91.1 Å². The molecular weight excluding hydrogens is 496 g/mol. The Hall–Kier alpha value is -5.31. The summed E-state index contributed by atoms with van der Waals surface area (Å²) in [5.74, 6) is 2.54. The molecule has 9 heteroatoms. The number of methoxy groups -OCH3 is 3. The van der Waals surface area contributed by atoms with E-state index in [1.54, 1.807) is 57.9 Å². The molecule has 0 bridgehead atoms. The summed E-state index contributed by atoms with van der Waals surface area (Å²) in [5.41, 5.74) is 1.95. The minimum Gasteiger partial charge on any atom is -0.493 e. The first-order chi connectivity index (χ1) is 19.1. The minimum atomic E-state index is -0.182. The Morgan fingerprint density at radius 3 is 2.26 bits per heavy atom. The van der Waals surface area contributed by atoms with Crippen LogP contribution in [0.25, 0.3) is 10.8 Å². The predicted molar refractivity (Wildman–Crippen MR) is 150 cm³/mol. The van der Waals surface area contributed by atoms with Gasteiger partial charge in [0.05, 0.1) is 21.3 Å². The Labute approximate surface area is 225 Å². The van der Waals surface area contributed by atoms with Crippen molar-refractivity contribution in [3.05, 3.63) is 96.7 Å². The lowest BCUT2D eigenvalue weighted by molar-refractivity contribution is 0.102. The quantitative estimate of drug-likeness (QED) is 0.228. The van der Waals surface area contributed by atoms with Crippen LogP contribution in [0.2, 0.25) is 0 Å². The van der Waals surface area contributed by atoms with Gasteiger partial charge in [0.1, 0.15) is 5.75 Å². The molecular formula is C30H26N4O5. The van der Waals surface area contributed by atoms with E-state index in [9.17, 15) is 4.79 Å². The number of aromatic nitrogens is 2. The number of nitrogens with zero attached hydrogens (tertiary/aromatic N) is 2. The number of carbonyl (C=O) groups is 1. The maximum Gasteiger partial charge on any atom is 0.256 e. The molecule has 0 aliphatic heterocycles. The summed E-state index contributed by atoms with van der Waals surface area (Å²) in [5, 5.41) is 7.74. The third-order valence-corrected chi connectivity index (χ3v) is 5.90. The second-order valence-electron chi connectivity index (χ2n) is 8.37. The number of hydrogen-bond acceptors (Lipinski definition) is 8. The maximum atomic E-state index is 12.9. The van der Waals surface area contributed by atoms with Crippen LogP contribution in [0.1, 0.15) is 10.4 Å². The number of carbonyl (C=O) groups excluding carboxylic acids is 1. The van der Waals surface area contributed by atoms with Gasteiger partial charge >= 0.3 is 0 Å². The number of rotatable bonds is 9. The topological polar surface area (TPSA) is 104 Å². The molecule has 5 rings (SSSR count). The van der Waals surface area contributed by atoms with Gasteiger partial charge in [0.25, 0.3) is 5.91 Å². The smallest absolute Gasteiger partial charge is 0.256 e. The highest BCUT2D eigenvalue weighted by molar-refractivity contribution is 6.13. The second-order valence-corrected chi connectivity index (χ2v) is 8.37. The van der Waals surface area contributed by atoms with Crippen molar-refractivity contribution in [3.8, 4) is 28.9 Å². The molecule has 0 saturated heterocycles. The fraction of sp³-hybridized carbons (Fsp3) is 0.100. The van der Waals surface area contributed by atoms with E-state index >= 15 is 0 Å². The zero-order valence-electron chi connectivity index (χ0n) is 21.6. The van der Waals surface area contributed by atoms with Crippen molar-refractivity contribution in [2.45, 2.75) is 0 Å². The fourth-order valence-corrected chi connectivity index (χ4v) is 4.11. The average molecular weight is 523 g/mol. The van der Waals surface area contributed by atoms with Gasteiger partial charge in [-0.15, -0.1) is 0 Å². The zero-order valence-corrected chi connectivity index (χ0v) is 21.6. The molecule has 0 spiro atoms. The lowest BCUT2D eigenvalue weighted by atomic mass is 10.0. The summed E-state index contributed by atoms with van der Waals surface area (Å²) in [6, 6.07) is 25.6. The van der Waals surface area contributed by atoms with E-state index in [-0.39, 0.29) is 5.91 Å². The fourth-order valence-electron chi connectivity index (χ4n) is 4.11. The van der Waals surface area contributed by atoms with Gasteiger partial charge in [-0.25, -0.2) is 4.98 Å². The normalized spacial score (nSPS) is 10.5. The molecule has 2 N–H and O–H groups in total. The molecule has 0 unspecified atom stereocenters. The SMILES string of the molecule is COc1cc(Nc2nccc(Oc3ccc4c(C(=O)Nc5ccccc5)cccc4c3)n2)cc(OC)c1OC. The third-order valence-electron chi connectivity index (χ3n) is 5.90. The molecule has 4 aromatic carbocycles. The van der Waals surface area contributed by atoms with Crippen LogP contribution in [-0.2, 0) is 0 Å². The van der Waals surface area contributed by atoms with Gasteiger partial charge in [0.15, 0.2) is 11.5 Å². The maximum absolute atomic E-state index is 12.9. The van der Waals surface area contributed by atoms with E-state index in [2.05, 4.69) is 20.6 Å². The standard InChI is InChI=1S/C30H26N4O5/c1-36-25-17-21(18-26(37-2)28(25)38-3)33-30-31-15-14-27(34-30)39-22-12-13-23-19(16-22)8-7-11-24(23)29(35)32-20-9-5-4-6-10-20/h4-18H,1-3H3,(H,32,35)(H,31,33,34). The summed E-state index contributed by atoms with van der Waals surface area (Å²) < 4.78 is 22.2. The number of para-hydroxylation sites is 1. The number of nitrogens with one attached hydrogen (secondary N) is 2. The van der Waals surface area contributed by atoms with E-state index in [1.165, 1.54) is 0 Å². The molecule has 0 atom stereocenters. The van der Waals surface area contributed by atoms with E-state index < -0.39 is 0 Å². The van der Waals surface area contributed by atoms with Crippen molar-refractivity contribution in [3.63, 3.8) is 0 Å². The van der Waals surface area contributed by atoms with Crippen molar-refractivity contribution in [1.29, 1.82) is 0 Å². The summed E-state index contributed by atoms with van der Waals surface area (Å²) >= 11 is 0. The van der Waals surface area contributed by atoms with Crippen LogP contribution in [0, 0.1) is 0 Å². The molecule has 0 aliphatic carbocycles. The first-order valence-corrected chi connectivity index (χ1v) is 12.0. The van der Waals surface area contributed by atoms with Gasteiger partial charge < -0.3 is 29.6 Å². The molecule has 0 saturated carbocycles. The third kappa shape index (κ3) is 5.67. The van der Waals surface area contributed by atoms with Crippen molar-refractivity contribution in [2.75, 3.05) is 32.0 Å². The molecule has 0 aliphatic rings. The first-order valence-electron chi connectivity index (χ1n) is 12.0. The summed E-state index contributed by atoms with van der Waals surface area (Å²) in [6.07, 6.45) is 1.59. The Morgan fingerprint density at radius 1 is 0.769 bits per heavy atom. The highest BCUT2D eigenvalue weighted by Gasteiger charge is 2.15. The minimum absolute atomic E-state index is 0.182. The van der Waals surface area contributed by atoms with E-state index in [0.29, 0.717) is 46.1 Å². The summed E-state index contributed by atoms with van der Waals surface area (Å²) in [6.45, 7) is 0. The molecule has 39 heavy (non-hydrogen) atoms. The van der Waals surface area contributed by atoms with Crippen molar-refractivity contribution in [2.24, 2.45) is 0 Å². The van der Waals surface area contributed by atoms with Crippen molar-refractivity contribution in [1.82, 2.24) is 9.97 Å². The van der Waals surface area contributed by atoms with Crippen LogP contribution in [0.4, 0.5) is 17.3 Å². The lowest BCUT2D eigenvalue weighted by Crippen LogP contribution is -2.12. The molecule has 196 valence electrons. The molecule has 1 aromatic heterocycles. The highest BCUT2D eigenvalue weighted by atomic mass is 16.5. The molecule has 9 nitrogen and oxygen atoms in total. The molecule has 0 radical (unpaired) electrons. The van der Waals surface area contributed by atoms with Gasteiger partial charge in [0, 0.05) is 41.3 Å². The highest BCUT2D eigenvalue weighted by Crippen LogP contribution is 2.40. The Bertz CT molecular complexity index is 1600. The number of anilines is 3. The van der Waals surface area contributed by atoms with Crippen molar-refractivity contribution < 1.29 is 23.7 Å². The number of benzene rings is 4. The van der Waals surface area contributed by atoms with Crippen LogP contribution in [-0.4, -0.2) is 37.2 Å². The largest absolute Gasteiger partial charge is 0.493 e. The lowest BCUT2D eigenvalue weighted by Gasteiger charge is -2.14. The van der Waals surface area contributed by atoms with Crippen LogP contribution in [0.5, 0.6) is 28.9 Å². The monoisotopic (exact) mass is 522 g/mol. The van der Waals surface area contributed by atoms with Crippen LogP contribution < -0.4 is 29.6 Å². The summed E-state index contributed by atoms with van der Waals surface area (Å²) in [7, 11) is 4.65. The Kier molecular flexibility index (Phi) is 7.40. The number of amides is 1. The van der Waals surface area contributed by atoms with E-state index in [0.717, 1.165) is 16.5 Å².